The van der Waals surface area contributed by atoms with Crippen molar-refractivity contribution in [2.45, 2.75) is 25.8 Å². The van der Waals surface area contributed by atoms with Crippen LogP contribution in [-0.2, 0) is 0 Å². The zero-order valence-electron chi connectivity index (χ0n) is 12.5. The highest BCUT2D eigenvalue weighted by Gasteiger charge is 2.27. The third kappa shape index (κ3) is 3.11. The van der Waals surface area contributed by atoms with E-state index in [1.165, 1.54) is 17.5 Å². The standard InChI is InChI=1S/C15H16ClN3O3S/c1-9-11(15(21)22)8-17-19(9)10-4-6-18(7-5-10)14(20)12-2-3-13(16)23-12/h2-3,8,10H,4-7H2,1H3,(H,21,22). The van der Waals surface area contributed by atoms with Gasteiger partial charge in [-0.15, -0.1) is 11.3 Å². The number of likely N-dealkylation sites (tertiary alicyclic amines) is 1. The second-order valence-corrected chi connectivity index (χ2v) is 7.24. The lowest BCUT2D eigenvalue weighted by atomic mass is 10.0. The number of amides is 1. The number of hydrogen-bond acceptors (Lipinski definition) is 4. The number of aromatic nitrogens is 2. The van der Waals surface area contributed by atoms with Gasteiger partial charge in [0.05, 0.1) is 27.1 Å². The topological polar surface area (TPSA) is 75.4 Å². The van der Waals surface area contributed by atoms with Crippen LogP contribution in [0.3, 0.4) is 0 Å². The van der Waals surface area contributed by atoms with E-state index in [-0.39, 0.29) is 17.5 Å². The Morgan fingerprint density at radius 1 is 1.35 bits per heavy atom. The van der Waals surface area contributed by atoms with Gasteiger partial charge in [-0.1, -0.05) is 11.6 Å². The number of rotatable bonds is 3. The maximum atomic E-state index is 12.4. The van der Waals surface area contributed by atoms with Gasteiger partial charge in [0.2, 0.25) is 0 Å². The highest BCUT2D eigenvalue weighted by Crippen LogP contribution is 2.28. The van der Waals surface area contributed by atoms with E-state index in [0.29, 0.717) is 28.0 Å². The molecular formula is C15H16ClN3O3S. The van der Waals surface area contributed by atoms with E-state index in [2.05, 4.69) is 5.10 Å². The maximum Gasteiger partial charge on any atom is 0.339 e. The highest BCUT2D eigenvalue weighted by atomic mass is 35.5. The zero-order chi connectivity index (χ0) is 16.6. The summed E-state index contributed by atoms with van der Waals surface area (Å²) in [6.07, 6.45) is 2.90. The van der Waals surface area contributed by atoms with Gasteiger partial charge in [-0.2, -0.15) is 5.10 Å². The molecule has 2 aromatic rings. The molecular weight excluding hydrogens is 338 g/mol. The minimum Gasteiger partial charge on any atom is -0.478 e. The number of carboxylic acid groups (broad SMARTS) is 1. The molecule has 1 aliphatic heterocycles. The summed E-state index contributed by atoms with van der Waals surface area (Å²) in [7, 11) is 0. The molecule has 0 aromatic carbocycles. The van der Waals surface area contributed by atoms with Gasteiger partial charge < -0.3 is 10.0 Å². The van der Waals surface area contributed by atoms with Crippen LogP contribution in [0.1, 0.15) is 44.6 Å². The summed E-state index contributed by atoms with van der Waals surface area (Å²) in [4.78, 5) is 26.0. The van der Waals surface area contributed by atoms with Gasteiger partial charge in [-0.05, 0) is 31.9 Å². The molecule has 1 fully saturated rings. The minimum absolute atomic E-state index is 0.00348. The summed E-state index contributed by atoms with van der Waals surface area (Å²) in [5.74, 6) is -0.959. The average Bonchev–Trinajstić information content (AvgIpc) is 3.13. The van der Waals surface area contributed by atoms with Crippen LogP contribution < -0.4 is 0 Å². The summed E-state index contributed by atoms with van der Waals surface area (Å²) < 4.78 is 2.38. The Morgan fingerprint density at radius 2 is 2.04 bits per heavy atom. The molecule has 1 saturated heterocycles. The monoisotopic (exact) mass is 353 g/mol. The fourth-order valence-electron chi connectivity index (χ4n) is 2.90. The number of nitrogens with zero attached hydrogens (tertiary/aromatic N) is 3. The second-order valence-electron chi connectivity index (χ2n) is 5.52. The predicted octanol–water partition coefficient (Wildman–Crippen LogP) is 3.08. The van der Waals surface area contributed by atoms with E-state index >= 15 is 0 Å². The van der Waals surface area contributed by atoms with Crippen LogP contribution >= 0.6 is 22.9 Å². The van der Waals surface area contributed by atoms with Crippen LogP contribution in [0.15, 0.2) is 18.3 Å². The number of thiophene rings is 1. The van der Waals surface area contributed by atoms with Gasteiger partial charge in [0.1, 0.15) is 5.56 Å². The number of halogens is 1. The van der Waals surface area contributed by atoms with Crippen LogP contribution in [0.25, 0.3) is 0 Å². The quantitative estimate of drug-likeness (QED) is 0.920. The van der Waals surface area contributed by atoms with Crippen molar-refractivity contribution in [1.29, 1.82) is 0 Å². The van der Waals surface area contributed by atoms with E-state index in [0.717, 1.165) is 12.8 Å². The lowest BCUT2D eigenvalue weighted by molar-refractivity contribution is 0.0691. The normalized spacial score (nSPS) is 15.8. The van der Waals surface area contributed by atoms with Crippen LogP contribution in [0.2, 0.25) is 4.34 Å². The first kappa shape index (κ1) is 16.0. The number of carboxylic acids is 1. The molecule has 0 unspecified atom stereocenters. The molecule has 3 rings (SSSR count). The van der Waals surface area contributed by atoms with Crippen molar-refractivity contribution in [3.63, 3.8) is 0 Å². The Morgan fingerprint density at radius 3 is 2.57 bits per heavy atom. The summed E-state index contributed by atoms with van der Waals surface area (Å²) >= 11 is 7.17. The van der Waals surface area contributed by atoms with Crippen LogP contribution in [0.5, 0.6) is 0 Å². The predicted molar refractivity (Wildman–Crippen MR) is 87.4 cm³/mol. The van der Waals surface area contributed by atoms with Gasteiger partial charge in [0, 0.05) is 13.1 Å². The molecule has 0 atom stereocenters. The largest absolute Gasteiger partial charge is 0.478 e. The molecule has 1 aliphatic rings. The van der Waals surface area contributed by atoms with Crippen LogP contribution in [-0.4, -0.2) is 44.8 Å². The van der Waals surface area contributed by atoms with Gasteiger partial charge in [0.15, 0.2) is 0 Å². The molecule has 0 aliphatic carbocycles. The smallest absolute Gasteiger partial charge is 0.339 e. The Balaban J connectivity index is 1.67. The lowest BCUT2D eigenvalue weighted by Crippen LogP contribution is -2.39. The molecule has 1 amide bonds. The van der Waals surface area contributed by atoms with Crippen molar-refractivity contribution in [2.24, 2.45) is 0 Å². The molecule has 0 saturated carbocycles. The van der Waals surface area contributed by atoms with E-state index in [4.69, 9.17) is 16.7 Å². The van der Waals surface area contributed by atoms with Crippen LogP contribution in [0.4, 0.5) is 0 Å². The Hall–Kier alpha value is -1.86. The van der Waals surface area contributed by atoms with Crippen molar-refractivity contribution >= 4 is 34.8 Å². The van der Waals surface area contributed by atoms with E-state index in [9.17, 15) is 9.59 Å². The molecule has 1 N–H and O–H groups in total. The van der Waals surface area contributed by atoms with Gasteiger partial charge in [0.25, 0.3) is 5.91 Å². The number of hydrogen-bond donors (Lipinski definition) is 1. The molecule has 8 heteroatoms. The fourth-order valence-corrected chi connectivity index (χ4v) is 3.91. The van der Waals surface area contributed by atoms with Crippen LogP contribution in [0, 0.1) is 6.92 Å². The minimum atomic E-state index is -0.962. The Kier molecular flexibility index (Phi) is 4.41. The molecule has 3 heterocycles. The van der Waals surface area contributed by atoms with Crippen molar-refractivity contribution < 1.29 is 14.7 Å². The molecule has 2 aromatic heterocycles. The number of piperidine rings is 1. The summed E-state index contributed by atoms with van der Waals surface area (Å²) in [5, 5.41) is 13.3. The highest BCUT2D eigenvalue weighted by molar-refractivity contribution is 7.17. The van der Waals surface area contributed by atoms with E-state index < -0.39 is 5.97 Å². The second kappa shape index (κ2) is 6.33. The third-order valence-electron chi connectivity index (χ3n) is 4.16. The van der Waals surface area contributed by atoms with Gasteiger partial charge in [-0.3, -0.25) is 9.48 Å². The third-order valence-corrected chi connectivity index (χ3v) is 5.38. The SMILES string of the molecule is Cc1c(C(=O)O)cnn1C1CCN(C(=O)c2ccc(Cl)s2)CC1. The number of aromatic carboxylic acids is 1. The lowest BCUT2D eigenvalue weighted by Gasteiger charge is -2.32. The molecule has 122 valence electrons. The van der Waals surface area contributed by atoms with E-state index in [1.807, 2.05) is 4.90 Å². The maximum absolute atomic E-state index is 12.4. The first-order chi connectivity index (χ1) is 11.0. The molecule has 6 nitrogen and oxygen atoms in total. The van der Waals surface area contributed by atoms with Crippen molar-refractivity contribution in [2.75, 3.05) is 13.1 Å². The Bertz CT molecular complexity index is 747. The molecule has 0 bridgehead atoms. The molecule has 0 radical (unpaired) electrons. The fraction of sp³-hybridized carbons (Fsp3) is 0.400. The summed E-state index contributed by atoms with van der Waals surface area (Å²) in [5.41, 5.74) is 0.893. The van der Waals surface area contributed by atoms with E-state index in [1.54, 1.807) is 23.7 Å². The first-order valence-corrected chi connectivity index (χ1v) is 8.49. The first-order valence-electron chi connectivity index (χ1n) is 7.29. The van der Waals surface area contributed by atoms with Crippen molar-refractivity contribution in [3.05, 3.63) is 38.8 Å². The van der Waals surface area contributed by atoms with Gasteiger partial charge in [-0.25, -0.2) is 4.79 Å². The van der Waals surface area contributed by atoms with Gasteiger partial charge >= 0.3 is 5.97 Å². The summed E-state index contributed by atoms with van der Waals surface area (Å²) in [6, 6.07) is 3.60. The molecule has 0 spiro atoms. The number of carbonyl (C=O) groups excluding carboxylic acids is 1. The van der Waals surface area contributed by atoms with Crippen molar-refractivity contribution in [3.8, 4) is 0 Å². The number of carbonyl (C=O) groups is 2. The zero-order valence-corrected chi connectivity index (χ0v) is 14.1. The molecule has 23 heavy (non-hydrogen) atoms. The average molecular weight is 354 g/mol. The summed E-state index contributed by atoms with van der Waals surface area (Å²) in [6.45, 7) is 3.02. The van der Waals surface area contributed by atoms with Crippen molar-refractivity contribution in [1.82, 2.24) is 14.7 Å². The Labute approximate surface area is 142 Å².